The monoisotopic (exact) mass is 231 g/mol. The molecule has 0 saturated carbocycles. The molecule has 0 aliphatic carbocycles. The van der Waals surface area contributed by atoms with E-state index < -0.39 is 6.10 Å². The minimum absolute atomic E-state index is 0.263. The summed E-state index contributed by atoms with van der Waals surface area (Å²) in [4.78, 5) is 4.00. The maximum Gasteiger partial charge on any atom is 0.123 e. The molecule has 1 unspecified atom stereocenters. The minimum Gasteiger partial charge on any atom is -0.388 e. The molecule has 88 valence electrons. The van der Waals surface area contributed by atoms with Gasteiger partial charge in [-0.05, 0) is 36.2 Å². The van der Waals surface area contributed by atoms with Gasteiger partial charge in [-0.1, -0.05) is 12.1 Å². The summed E-state index contributed by atoms with van der Waals surface area (Å²) < 4.78 is 12.7. The minimum atomic E-state index is -0.603. The van der Waals surface area contributed by atoms with Crippen molar-refractivity contribution in [2.75, 3.05) is 0 Å². The zero-order valence-electron chi connectivity index (χ0n) is 9.60. The number of aromatic nitrogens is 1. The van der Waals surface area contributed by atoms with E-state index in [9.17, 15) is 9.50 Å². The van der Waals surface area contributed by atoms with Crippen LogP contribution < -0.4 is 0 Å². The number of aliphatic hydroxyl groups is 1. The summed E-state index contributed by atoms with van der Waals surface area (Å²) in [6, 6.07) is 8.04. The van der Waals surface area contributed by atoms with Crippen molar-refractivity contribution in [1.29, 1.82) is 0 Å². The van der Waals surface area contributed by atoms with Crippen molar-refractivity contribution in [3.63, 3.8) is 0 Å². The first-order chi connectivity index (χ1) is 8.16. The van der Waals surface area contributed by atoms with Gasteiger partial charge in [-0.3, -0.25) is 4.98 Å². The van der Waals surface area contributed by atoms with Crippen LogP contribution in [0.1, 0.15) is 22.8 Å². The van der Waals surface area contributed by atoms with Gasteiger partial charge in [0, 0.05) is 24.4 Å². The lowest BCUT2D eigenvalue weighted by Crippen LogP contribution is -2.04. The second-order valence-corrected chi connectivity index (χ2v) is 4.08. The number of halogens is 1. The molecule has 0 bridgehead atoms. The van der Waals surface area contributed by atoms with Crippen molar-refractivity contribution in [2.45, 2.75) is 19.4 Å². The van der Waals surface area contributed by atoms with Crippen LogP contribution in [0.3, 0.4) is 0 Å². The lowest BCUT2D eigenvalue weighted by molar-refractivity contribution is 0.177. The molecule has 1 N–H and O–H groups in total. The largest absolute Gasteiger partial charge is 0.388 e. The van der Waals surface area contributed by atoms with E-state index in [1.807, 2.05) is 13.0 Å². The zero-order chi connectivity index (χ0) is 12.3. The molecule has 1 heterocycles. The molecule has 0 saturated heterocycles. The Morgan fingerprint density at radius 2 is 1.94 bits per heavy atom. The van der Waals surface area contributed by atoms with Gasteiger partial charge in [0.25, 0.3) is 0 Å². The first-order valence-electron chi connectivity index (χ1n) is 5.50. The van der Waals surface area contributed by atoms with E-state index in [-0.39, 0.29) is 5.82 Å². The van der Waals surface area contributed by atoms with Gasteiger partial charge in [-0.15, -0.1) is 0 Å². The Labute approximate surface area is 99.8 Å². The van der Waals surface area contributed by atoms with Crippen LogP contribution in [0.5, 0.6) is 0 Å². The summed E-state index contributed by atoms with van der Waals surface area (Å²) in [5.41, 5.74) is 2.73. The molecular weight excluding hydrogens is 217 g/mol. The Hall–Kier alpha value is -1.74. The number of nitrogens with zero attached hydrogens (tertiary/aromatic N) is 1. The molecule has 0 spiro atoms. The van der Waals surface area contributed by atoms with Crippen LogP contribution >= 0.6 is 0 Å². The first-order valence-corrected chi connectivity index (χ1v) is 5.50. The molecule has 2 aromatic rings. The zero-order valence-corrected chi connectivity index (χ0v) is 9.60. The molecule has 1 aromatic carbocycles. The van der Waals surface area contributed by atoms with Gasteiger partial charge in [0.05, 0.1) is 6.10 Å². The first kappa shape index (κ1) is 11.7. The molecule has 0 radical (unpaired) electrons. The second kappa shape index (κ2) is 5.06. The highest BCUT2D eigenvalue weighted by Gasteiger charge is 2.11. The summed E-state index contributed by atoms with van der Waals surface area (Å²) in [5.74, 6) is -0.263. The number of aliphatic hydroxyl groups excluding tert-OH is 1. The maximum atomic E-state index is 12.7. The van der Waals surface area contributed by atoms with E-state index >= 15 is 0 Å². The van der Waals surface area contributed by atoms with Crippen LogP contribution in [0.15, 0.2) is 42.7 Å². The number of pyridine rings is 1. The van der Waals surface area contributed by atoms with Gasteiger partial charge in [-0.25, -0.2) is 4.39 Å². The highest BCUT2D eigenvalue weighted by atomic mass is 19.1. The highest BCUT2D eigenvalue weighted by Crippen LogP contribution is 2.20. The van der Waals surface area contributed by atoms with Crippen molar-refractivity contribution in [2.24, 2.45) is 0 Å². The molecule has 3 heteroatoms. The molecule has 1 aromatic heterocycles. The summed E-state index contributed by atoms with van der Waals surface area (Å²) in [7, 11) is 0. The van der Waals surface area contributed by atoms with Crippen LogP contribution in [-0.2, 0) is 6.42 Å². The Bertz CT molecular complexity index is 496. The number of benzene rings is 1. The van der Waals surface area contributed by atoms with Crippen molar-refractivity contribution in [3.8, 4) is 0 Å². The van der Waals surface area contributed by atoms with E-state index in [2.05, 4.69) is 4.98 Å². The van der Waals surface area contributed by atoms with Gasteiger partial charge < -0.3 is 5.11 Å². The Morgan fingerprint density at radius 3 is 2.59 bits per heavy atom. The molecule has 2 rings (SSSR count). The van der Waals surface area contributed by atoms with Crippen LogP contribution in [0.4, 0.5) is 4.39 Å². The molecule has 1 atom stereocenters. The summed E-state index contributed by atoms with van der Waals surface area (Å²) in [6.07, 6.45) is 3.23. The smallest absolute Gasteiger partial charge is 0.123 e. The fourth-order valence-corrected chi connectivity index (χ4v) is 1.78. The van der Waals surface area contributed by atoms with E-state index in [4.69, 9.17) is 0 Å². The lowest BCUT2D eigenvalue weighted by Gasteiger charge is -2.13. The summed E-state index contributed by atoms with van der Waals surface area (Å²) in [6.45, 7) is 1.94. The second-order valence-electron chi connectivity index (χ2n) is 4.08. The van der Waals surface area contributed by atoms with Crippen molar-refractivity contribution in [3.05, 3.63) is 65.2 Å². The molecule has 0 amide bonds. The normalized spacial score (nSPS) is 12.4. The van der Waals surface area contributed by atoms with Gasteiger partial charge in [-0.2, -0.15) is 0 Å². The molecule has 0 fully saturated rings. The number of hydrogen-bond donors (Lipinski definition) is 1. The van der Waals surface area contributed by atoms with Crippen LogP contribution in [-0.4, -0.2) is 10.1 Å². The molecule has 2 nitrogen and oxygen atoms in total. The summed E-state index contributed by atoms with van der Waals surface area (Å²) >= 11 is 0. The number of rotatable bonds is 3. The average Bonchev–Trinajstić information content (AvgIpc) is 2.32. The Balaban J connectivity index is 2.14. The van der Waals surface area contributed by atoms with Crippen molar-refractivity contribution >= 4 is 0 Å². The molecular formula is C14H14FNO. The Morgan fingerprint density at radius 1 is 1.24 bits per heavy atom. The van der Waals surface area contributed by atoms with E-state index in [0.29, 0.717) is 6.42 Å². The van der Waals surface area contributed by atoms with Gasteiger partial charge in [0.15, 0.2) is 0 Å². The summed E-state index contributed by atoms with van der Waals surface area (Å²) in [5, 5.41) is 10.1. The average molecular weight is 231 g/mol. The van der Waals surface area contributed by atoms with Crippen LogP contribution in [0.2, 0.25) is 0 Å². The van der Waals surface area contributed by atoms with E-state index in [1.165, 1.54) is 12.1 Å². The topological polar surface area (TPSA) is 33.1 Å². The van der Waals surface area contributed by atoms with E-state index in [0.717, 1.165) is 16.7 Å². The van der Waals surface area contributed by atoms with Crippen LogP contribution in [0.25, 0.3) is 0 Å². The Kier molecular flexibility index (Phi) is 3.49. The number of aryl methyl sites for hydroxylation is 1. The van der Waals surface area contributed by atoms with Gasteiger partial charge in [0.2, 0.25) is 0 Å². The van der Waals surface area contributed by atoms with Gasteiger partial charge >= 0.3 is 0 Å². The standard InChI is InChI=1S/C14H14FNO/c1-10-6-7-16-9-13(10)14(17)8-11-2-4-12(15)5-3-11/h2-7,9,14,17H,8H2,1H3. The fraction of sp³-hybridized carbons (Fsp3) is 0.214. The number of hydrogen-bond acceptors (Lipinski definition) is 2. The quantitative estimate of drug-likeness (QED) is 0.881. The van der Waals surface area contributed by atoms with Crippen LogP contribution in [0, 0.1) is 12.7 Å². The highest BCUT2D eigenvalue weighted by molar-refractivity contribution is 5.26. The maximum absolute atomic E-state index is 12.7. The SMILES string of the molecule is Cc1ccncc1C(O)Cc1ccc(F)cc1. The van der Waals surface area contributed by atoms with E-state index in [1.54, 1.807) is 24.5 Å². The third-order valence-corrected chi connectivity index (χ3v) is 2.78. The molecule has 0 aliphatic heterocycles. The third-order valence-electron chi connectivity index (χ3n) is 2.78. The predicted octanol–water partition coefficient (Wildman–Crippen LogP) is 2.81. The third kappa shape index (κ3) is 2.88. The lowest BCUT2D eigenvalue weighted by atomic mass is 10.00. The van der Waals surface area contributed by atoms with Crippen molar-refractivity contribution < 1.29 is 9.50 Å². The predicted molar refractivity (Wildman–Crippen MR) is 64.0 cm³/mol. The van der Waals surface area contributed by atoms with Crippen molar-refractivity contribution in [1.82, 2.24) is 4.98 Å². The fourth-order valence-electron chi connectivity index (χ4n) is 1.78. The molecule has 0 aliphatic rings. The van der Waals surface area contributed by atoms with Gasteiger partial charge in [0.1, 0.15) is 5.82 Å². The molecule has 17 heavy (non-hydrogen) atoms.